The zero-order chi connectivity index (χ0) is 16.3. The van der Waals surface area contributed by atoms with Crippen molar-refractivity contribution < 1.29 is 27.5 Å². The molecule has 0 N–H and O–H groups in total. The fraction of sp³-hybridized carbons (Fsp3) is 0.231. The second kappa shape index (κ2) is 5.96. The van der Waals surface area contributed by atoms with Gasteiger partial charge < -0.3 is 4.74 Å². The van der Waals surface area contributed by atoms with Gasteiger partial charge in [-0.1, -0.05) is 5.21 Å². The molecule has 22 heavy (non-hydrogen) atoms. The van der Waals surface area contributed by atoms with Crippen molar-refractivity contribution in [3.05, 3.63) is 41.2 Å². The number of aldehydes is 1. The van der Waals surface area contributed by atoms with Gasteiger partial charge in [0.05, 0.1) is 17.9 Å². The number of alkyl halides is 3. The highest BCUT2D eigenvalue weighted by atomic mass is 19.4. The highest BCUT2D eigenvalue weighted by Gasteiger charge is 2.39. The number of nitrogens with zero attached hydrogens (tertiary/aromatic N) is 3. The molecule has 0 fully saturated rings. The molecule has 9 heteroatoms. The first-order valence-electron chi connectivity index (χ1n) is 6.14. The van der Waals surface area contributed by atoms with Crippen molar-refractivity contribution in [2.24, 2.45) is 0 Å². The first-order valence-corrected chi connectivity index (χ1v) is 6.14. The molecule has 0 aliphatic rings. The molecule has 2 aromatic rings. The highest BCUT2D eigenvalue weighted by Crippen LogP contribution is 2.32. The summed E-state index contributed by atoms with van der Waals surface area (Å²) in [5.41, 5.74) is -1.87. The molecule has 0 saturated carbocycles. The Balaban J connectivity index is 2.43. The van der Waals surface area contributed by atoms with Gasteiger partial charge in [0.15, 0.2) is 17.7 Å². The maximum atomic E-state index is 13.0. The van der Waals surface area contributed by atoms with Crippen LogP contribution >= 0.6 is 0 Å². The van der Waals surface area contributed by atoms with Crippen LogP contribution in [0.1, 0.15) is 33.5 Å². The van der Waals surface area contributed by atoms with Crippen LogP contribution in [0.2, 0.25) is 0 Å². The SMILES string of the molecule is CCOC(=O)c1ccc(-n2nnc(C=O)c2C(F)(F)F)cc1. The molecular weight excluding hydrogens is 303 g/mol. The minimum Gasteiger partial charge on any atom is -0.462 e. The molecule has 1 aromatic carbocycles. The Morgan fingerprint density at radius 2 is 1.95 bits per heavy atom. The molecule has 0 saturated heterocycles. The third-order valence-electron chi connectivity index (χ3n) is 2.70. The molecule has 1 aromatic heterocycles. The number of hydrogen-bond acceptors (Lipinski definition) is 5. The molecule has 0 radical (unpaired) electrons. The van der Waals surface area contributed by atoms with Gasteiger partial charge in [-0.15, -0.1) is 5.10 Å². The van der Waals surface area contributed by atoms with Crippen LogP contribution in [0.25, 0.3) is 5.69 Å². The lowest BCUT2D eigenvalue weighted by Gasteiger charge is -2.10. The van der Waals surface area contributed by atoms with Gasteiger partial charge in [0.2, 0.25) is 0 Å². The largest absolute Gasteiger partial charge is 0.462 e. The summed E-state index contributed by atoms with van der Waals surface area (Å²) in [6.07, 6.45) is -4.81. The number of halogens is 3. The first-order chi connectivity index (χ1) is 10.4. The fourth-order valence-electron chi connectivity index (χ4n) is 1.77. The number of benzene rings is 1. The molecule has 6 nitrogen and oxygen atoms in total. The molecular formula is C13H10F3N3O3. The second-order valence-corrected chi connectivity index (χ2v) is 4.12. The Hall–Kier alpha value is -2.71. The van der Waals surface area contributed by atoms with Crippen LogP contribution in [0.3, 0.4) is 0 Å². The van der Waals surface area contributed by atoms with Crippen molar-refractivity contribution in [2.45, 2.75) is 13.1 Å². The number of hydrogen-bond donors (Lipinski definition) is 0. The van der Waals surface area contributed by atoms with E-state index in [4.69, 9.17) is 4.74 Å². The van der Waals surface area contributed by atoms with E-state index in [0.717, 1.165) is 0 Å². The number of ether oxygens (including phenoxy) is 1. The lowest BCUT2D eigenvalue weighted by atomic mass is 10.2. The average Bonchev–Trinajstić information content (AvgIpc) is 2.91. The summed E-state index contributed by atoms with van der Waals surface area (Å²) < 4.78 is 44.2. The lowest BCUT2D eigenvalue weighted by Crippen LogP contribution is -2.15. The standard InChI is InChI=1S/C13H10F3N3O3/c1-2-22-12(21)8-3-5-9(6-4-8)19-11(13(14,15)16)10(7-20)17-18-19/h3-7H,2H2,1H3. The van der Waals surface area contributed by atoms with Gasteiger partial charge in [-0.25, -0.2) is 9.48 Å². The van der Waals surface area contributed by atoms with E-state index in [9.17, 15) is 22.8 Å². The molecule has 2 rings (SSSR count). The maximum absolute atomic E-state index is 13.0. The Bertz CT molecular complexity index is 693. The van der Waals surface area contributed by atoms with Gasteiger partial charge in [-0.2, -0.15) is 13.2 Å². The van der Waals surface area contributed by atoms with Crippen molar-refractivity contribution >= 4 is 12.3 Å². The Morgan fingerprint density at radius 3 is 2.45 bits per heavy atom. The normalized spacial score (nSPS) is 11.3. The monoisotopic (exact) mass is 313 g/mol. The zero-order valence-electron chi connectivity index (χ0n) is 11.3. The summed E-state index contributed by atoms with van der Waals surface area (Å²) in [5, 5.41) is 6.53. The van der Waals surface area contributed by atoms with E-state index in [1.807, 2.05) is 0 Å². The number of esters is 1. The topological polar surface area (TPSA) is 74.1 Å². The van der Waals surface area contributed by atoms with Crippen LogP contribution in [-0.4, -0.2) is 33.9 Å². The van der Waals surface area contributed by atoms with Crippen LogP contribution in [0.5, 0.6) is 0 Å². The summed E-state index contributed by atoms with van der Waals surface area (Å²) in [5.74, 6) is -0.586. The van der Waals surface area contributed by atoms with Gasteiger partial charge >= 0.3 is 12.1 Å². The summed E-state index contributed by atoms with van der Waals surface area (Å²) in [7, 11) is 0. The fourth-order valence-corrected chi connectivity index (χ4v) is 1.77. The van der Waals surface area contributed by atoms with Crippen LogP contribution < -0.4 is 0 Å². The second-order valence-electron chi connectivity index (χ2n) is 4.12. The molecule has 1 heterocycles. The minimum absolute atomic E-state index is 0.0146. The van der Waals surface area contributed by atoms with Gasteiger partial charge in [-0.05, 0) is 31.2 Å². The quantitative estimate of drug-likeness (QED) is 0.639. The van der Waals surface area contributed by atoms with Crippen molar-refractivity contribution in [1.29, 1.82) is 0 Å². The molecule has 0 unspecified atom stereocenters. The number of carbonyl (C=O) groups is 2. The van der Waals surface area contributed by atoms with Crippen LogP contribution in [0.15, 0.2) is 24.3 Å². The van der Waals surface area contributed by atoms with Crippen LogP contribution in [-0.2, 0) is 10.9 Å². The van der Waals surface area contributed by atoms with E-state index in [1.165, 1.54) is 24.3 Å². The van der Waals surface area contributed by atoms with E-state index in [-0.39, 0.29) is 24.1 Å². The maximum Gasteiger partial charge on any atom is 0.435 e. The van der Waals surface area contributed by atoms with E-state index < -0.39 is 23.5 Å². The highest BCUT2D eigenvalue weighted by molar-refractivity contribution is 5.89. The van der Waals surface area contributed by atoms with Gasteiger partial charge in [0.1, 0.15) is 0 Å². The zero-order valence-corrected chi connectivity index (χ0v) is 11.3. The molecule has 0 bridgehead atoms. The third-order valence-corrected chi connectivity index (χ3v) is 2.70. The number of carbonyl (C=O) groups excluding carboxylic acids is 2. The number of rotatable bonds is 4. The summed E-state index contributed by atoms with van der Waals surface area (Å²) >= 11 is 0. The Labute approximate surface area is 122 Å². The predicted octanol–water partition coefficient (Wildman–Crippen LogP) is 2.28. The van der Waals surface area contributed by atoms with E-state index in [2.05, 4.69) is 10.3 Å². The summed E-state index contributed by atoms with van der Waals surface area (Å²) in [6.45, 7) is 1.82. The van der Waals surface area contributed by atoms with E-state index in [1.54, 1.807) is 6.92 Å². The molecule has 116 valence electrons. The predicted molar refractivity (Wildman–Crippen MR) is 67.7 cm³/mol. The molecule has 0 aliphatic carbocycles. The average molecular weight is 313 g/mol. The van der Waals surface area contributed by atoms with Crippen LogP contribution in [0.4, 0.5) is 13.2 Å². The summed E-state index contributed by atoms with van der Waals surface area (Å²) in [6, 6.07) is 5.11. The third kappa shape index (κ3) is 2.97. The summed E-state index contributed by atoms with van der Waals surface area (Å²) in [4.78, 5) is 22.1. The van der Waals surface area contributed by atoms with Gasteiger partial charge in [-0.3, -0.25) is 4.79 Å². The molecule has 0 spiro atoms. The molecule has 0 atom stereocenters. The van der Waals surface area contributed by atoms with E-state index >= 15 is 0 Å². The smallest absolute Gasteiger partial charge is 0.435 e. The molecule has 0 aliphatic heterocycles. The Morgan fingerprint density at radius 1 is 1.32 bits per heavy atom. The molecule has 0 amide bonds. The van der Waals surface area contributed by atoms with Crippen LogP contribution in [0, 0.1) is 0 Å². The first kappa shape index (κ1) is 15.7. The van der Waals surface area contributed by atoms with Crippen molar-refractivity contribution in [2.75, 3.05) is 6.61 Å². The minimum atomic E-state index is -4.79. The van der Waals surface area contributed by atoms with Crippen molar-refractivity contribution in [1.82, 2.24) is 15.0 Å². The van der Waals surface area contributed by atoms with Gasteiger partial charge in [0.25, 0.3) is 0 Å². The van der Waals surface area contributed by atoms with Crippen molar-refractivity contribution in [3.63, 3.8) is 0 Å². The van der Waals surface area contributed by atoms with Crippen molar-refractivity contribution in [3.8, 4) is 5.69 Å². The Kier molecular flexibility index (Phi) is 4.25. The lowest BCUT2D eigenvalue weighted by molar-refractivity contribution is -0.143. The van der Waals surface area contributed by atoms with E-state index in [0.29, 0.717) is 4.68 Å². The van der Waals surface area contributed by atoms with Gasteiger partial charge in [0, 0.05) is 0 Å². The number of aromatic nitrogens is 3.